The topological polar surface area (TPSA) is 81.2 Å². The fourth-order valence-electron chi connectivity index (χ4n) is 2.67. The third-order valence-electron chi connectivity index (χ3n) is 4.05. The van der Waals surface area contributed by atoms with Crippen molar-refractivity contribution in [2.45, 2.75) is 50.5 Å². The first kappa shape index (κ1) is 21.3. The fraction of sp³-hybridized carbons (Fsp3) is 0.333. The van der Waals surface area contributed by atoms with Crippen molar-refractivity contribution in [3.63, 3.8) is 0 Å². The predicted octanol–water partition coefficient (Wildman–Crippen LogP) is 5.07. The molecule has 152 valence electrons. The van der Waals surface area contributed by atoms with Crippen molar-refractivity contribution in [2.24, 2.45) is 0 Å². The summed E-state index contributed by atoms with van der Waals surface area (Å²) in [6.07, 6.45) is 0.426. The molecule has 6 nitrogen and oxygen atoms in total. The van der Waals surface area contributed by atoms with E-state index in [1.807, 2.05) is 43.3 Å². The van der Waals surface area contributed by atoms with Gasteiger partial charge >= 0.3 is 5.97 Å². The monoisotopic (exact) mass is 429 g/mol. The molecule has 0 fully saturated rings. The lowest BCUT2D eigenvalue weighted by Gasteiger charge is -2.13. The first-order chi connectivity index (χ1) is 13.9. The minimum atomic E-state index is -0.419. The molecule has 8 heteroatoms. The molecule has 1 amide bonds. The van der Waals surface area contributed by atoms with Crippen LogP contribution in [0.3, 0.4) is 0 Å². The van der Waals surface area contributed by atoms with Gasteiger partial charge in [0.05, 0.1) is 27.6 Å². The Morgan fingerprint density at radius 1 is 1.17 bits per heavy atom. The molecule has 0 aliphatic heterocycles. The summed E-state index contributed by atoms with van der Waals surface area (Å²) in [7, 11) is 0. The van der Waals surface area contributed by atoms with Gasteiger partial charge in [-0.3, -0.25) is 4.79 Å². The molecule has 3 rings (SSSR count). The number of benzene rings is 1. The molecule has 29 heavy (non-hydrogen) atoms. The number of thiazole rings is 1. The summed E-state index contributed by atoms with van der Waals surface area (Å²) >= 11 is 2.55. The Kier molecular flexibility index (Phi) is 6.87. The zero-order valence-corrected chi connectivity index (χ0v) is 18.4. The maximum atomic E-state index is 12.8. The van der Waals surface area contributed by atoms with Gasteiger partial charge in [-0.15, -0.1) is 0 Å². The van der Waals surface area contributed by atoms with E-state index in [0.29, 0.717) is 22.1 Å². The number of carbonyl (C=O) groups is 2. The number of nitrogens with one attached hydrogen (secondary N) is 1. The standard InChI is InChI=1S/C21H23N3O3S2/c1-5-16(28-17-11-10-14-8-6-7-9-15(14)23-17)19(25)24-21-22-13(4)18(29-21)20(26)27-12(2)3/h6-12,16H,5H2,1-4H3,(H,22,24,25). The van der Waals surface area contributed by atoms with E-state index < -0.39 is 5.97 Å². The molecule has 0 spiro atoms. The first-order valence-corrected chi connectivity index (χ1v) is 11.1. The Hall–Kier alpha value is -2.45. The van der Waals surface area contributed by atoms with Gasteiger partial charge < -0.3 is 10.1 Å². The van der Waals surface area contributed by atoms with Crippen LogP contribution in [0, 0.1) is 6.92 Å². The number of ether oxygens (including phenoxy) is 1. The second-order valence-corrected chi connectivity index (χ2v) is 8.96. The van der Waals surface area contributed by atoms with Crippen molar-refractivity contribution in [3.8, 4) is 0 Å². The molecule has 1 aromatic carbocycles. The number of anilines is 1. The Bertz CT molecular complexity index is 1030. The van der Waals surface area contributed by atoms with Crippen LogP contribution in [-0.2, 0) is 9.53 Å². The smallest absolute Gasteiger partial charge is 0.350 e. The number of aromatic nitrogens is 2. The predicted molar refractivity (Wildman–Crippen MR) is 118 cm³/mol. The van der Waals surface area contributed by atoms with Gasteiger partial charge in [-0.05, 0) is 39.3 Å². The number of para-hydroxylation sites is 1. The molecule has 2 aromatic heterocycles. The number of pyridine rings is 1. The van der Waals surface area contributed by atoms with E-state index >= 15 is 0 Å². The highest BCUT2D eigenvalue weighted by Crippen LogP contribution is 2.29. The zero-order valence-electron chi connectivity index (χ0n) is 16.8. The molecule has 2 heterocycles. The SMILES string of the molecule is CCC(Sc1ccc2ccccc2n1)C(=O)Nc1nc(C)c(C(=O)OC(C)C)s1. The van der Waals surface area contributed by atoms with Crippen molar-refractivity contribution >= 4 is 51.0 Å². The first-order valence-electron chi connectivity index (χ1n) is 9.39. The number of amides is 1. The number of hydrogen-bond acceptors (Lipinski definition) is 7. The molecule has 0 aliphatic rings. The molecular weight excluding hydrogens is 406 g/mol. The van der Waals surface area contributed by atoms with Crippen LogP contribution in [0.15, 0.2) is 41.4 Å². The number of esters is 1. The van der Waals surface area contributed by atoms with Crippen molar-refractivity contribution in [3.05, 3.63) is 47.0 Å². The van der Waals surface area contributed by atoms with Gasteiger partial charge in [0, 0.05) is 5.39 Å². The molecule has 3 aromatic rings. The highest BCUT2D eigenvalue weighted by atomic mass is 32.2. The number of aryl methyl sites for hydroxylation is 1. The molecule has 0 saturated heterocycles. The summed E-state index contributed by atoms with van der Waals surface area (Å²) in [4.78, 5) is 34.2. The lowest BCUT2D eigenvalue weighted by atomic mass is 10.2. The van der Waals surface area contributed by atoms with Gasteiger partial charge in [0.1, 0.15) is 4.88 Å². The number of carbonyl (C=O) groups excluding carboxylic acids is 2. The highest BCUT2D eigenvalue weighted by Gasteiger charge is 2.23. The van der Waals surface area contributed by atoms with Crippen molar-refractivity contribution in [2.75, 3.05) is 5.32 Å². The van der Waals surface area contributed by atoms with E-state index in [1.54, 1.807) is 20.8 Å². The Labute approximate surface area is 178 Å². The van der Waals surface area contributed by atoms with Gasteiger partial charge in [0.2, 0.25) is 5.91 Å². The lowest BCUT2D eigenvalue weighted by Crippen LogP contribution is -2.24. The summed E-state index contributed by atoms with van der Waals surface area (Å²) in [6.45, 7) is 7.27. The number of fused-ring (bicyclic) bond motifs is 1. The summed E-state index contributed by atoms with van der Waals surface area (Å²) < 4.78 is 5.22. The number of hydrogen-bond donors (Lipinski definition) is 1. The number of rotatable bonds is 7. The molecule has 0 bridgehead atoms. The van der Waals surface area contributed by atoms with Crippen LogP contribution in [0.25, 0.3) is 10.9 Å². The molecule has 1 unspecified atom stereocenters. The van der Waals surface area contributed by atoms with Crippen LogP contribution in [0.4, 0.5) is 5.13 Å². The van der Waals surface area contributed by atoms with E-state index in [4.69, 9.17) is 4.74 Å². The molecule has 0 saturated carbocycles. The number of thioether (sulfide) groups is 1. The van der Waals surface area contributed by atoms with Crippen molar-refractivity contribution in [1.29, 1.82) is 0 Å². The molecule has 1 N–H and O–H groups in total. The van der Waals surface area contributed by atoms with Gasteiger partial charge in [-0.25, -0.2) is 14.8 Å². The maximum absolute atomic E-state index is 12.8. The van der Waals surface area contributed by atoms with Crippen LogP contribution in [0.2, 0.25) is 0 Å². The van der Waals surface area contributed by atoms with Crippen LogP contribution in [-0.4, -0.2) is 33.2 Å². The van der Waals surface area contributed by atoms with Gasteiger partial charge in [0.15, 0.2) is 5.13 Å². The number of nitrogens with zero attached hydrogens (tertiary/aromatic N) is 2. The second kappa shape index (κ2) is 9.37. The molecule has 0 radical (unpaired) electrons. The summed E-state index contributed by atoms with van der Waals surface area (Å²) in [5.41, 5.74) is 1.45. The maximum Gasteiger partial charge on any atom is 0.350 e. The Morgan fingerprint density at radius 3 is 2.66 bits per heavy atom. The minimum absolute atomic E-state index is 0.162. The van der Waals surface area contributed by atoms with Gasteiger partial charge in [-0.1, -0.05) is 54.3 Å². The summed E-state index contributed by atoms with van der Waals surface area (Å²) in [5, 5.41) is 4.77. The normalized spacial score (nSPS) is 12.2. The van der Waals surface area contributed by atoms with E-state index in [9.17, 15) is 9.59 Å². The summed E-state index contributed by atoms with van der Waals surface area (Å²) in [5.74, 6) is -0.581. The average molecular weight is 430 g/mol. The van der Waals surface area contributed by atoms with E-state index in [-0.39, 0.29) is 17.3 Å². The summed E-state index contributed by atoms with van der Waals surface area (Å²) in [6, 6.07) is 11.8. The lowest BCUT2D eigenvalue weighted by molar-refractivity contribution is -0.115. The minimum Gasteiger partial charge on any atom is -0.459 e. The Morgan fingerprint density at radius 2 is 1.93 bits per heavy atom. The zero-order chi connectivity index (χ0) is 21.0. The van der Waals surface area contributed by atoms with Crippen molar-refractivity contribution < 1.29 is 14.3 Å². The second-order valence-electron chi connectivity index (χ2n) is 6.73. The van der Waals surface area contributed by atoms with Crippen LogP contribution >= 0.6 is 23.1 Å². The van der Waals surface area contributed by atoms with Crippen molar-refractivity contribution in [1.82, 2.24) is 9.97 Å². The van der Waals surface area contributed by atoms with Crippen LogP contribution in [0.5, 0.6) is 0 Å². The van der Waals surface area contributed by atoms with E-state index in [1.165, 1.54) is 11.8 Å². The fourth-order valence-corrected chi connectivity index (χ4v) is 4.45. The molecule has 1 atom stereocenters. The van der Waals surface area contributed by atoms with Crippen LogP contribution in [0.1, 0.15) is 42.6 Å². The largest absolute Gasteiger partial charge is 0.459 e. The van der Waals surface area contributed by atoms with Gasteiger partial charge in [0.25, 0.3) is 0 Å². The molecule has 0 aliphatic carbocycles. The molecular formula is C21H23N3O3S2. The van der Waals surface area contributed by atoms with Crippen LogP contribution < -0.4 is 5.32 Å². The van der Waals surface area contributed by atoms with E-state index in [2.05, 4.69) is 15.3 Å². The van der Waals surface area contributed by atoms with E-state index in [0.717, 1.165) is 27.3 Å². The third-order valence-corrected chi connectivity index (χ3v) is 6.41. The Balaban J connectivity index is 1.70. The average Bonchev–Trinajstić information content (AvgIpc) is 3.05. The van der Waals surface area contributed by atoms with Gasteiger partial charge in [-0.2, -0.15) is 0 Å². The third kappa shape index (κ3) is 5.33. The quantitative estimate of drug-likeness (QED) is 0.417. The highest BCUT2D eigenvalue weighted by molar-refractivity contribution is 8.00.